The van der Waals surface area contributed by atoms with Crippen molar-refractivity contribution in [3.8, 4) is 27.6 Å². The van der Waals surface area contributed by atoms with Gasteiger partial charge in [0, 0.05) is 10.9 Å². The van der Waals surface area contributed by atoms with E-state index < -0.39 is 0 Å². The molecule has 0 saturated heterocycles. The summed E-state index contributed by atoms with van der Waals surface area (Å²) in [4.78, 5) is 4.39. The number of para-hydroxylation sites is 1. The first-order valence-electron chi connectivity index (χ1n) is 5.74. The van der Waals surface area contributed by atoms with Gasteiger partial charge < -0.3 is 5.11 Å². The molecule has 0 bridgehead atoms. The van der Waals surface area contributed by atoms with Crippen LogP contribution in [0.2, 0.25) is 0 Å². The minimum absolute atomic E-state index is 0.178. The van der Waals surface area contributed by atoms with Gasteiger partial charge in [0.25, 0.3) is 0 Å². The van der Waals surface area contributed by atoms with E-state index >= 15 is 0 Å². The average Bonchev–Trinajstić information content (AvgIpc) is 2.89. The highest BCUT2D eigenvalue weighted by Gasteiger charge is 2.11. The van der Waals surface area contributed by atoms with Gasteiger partial charge >= 0.3 is 0 Å². The van der Waals surface area contributed by atoms with E-state index in [1.54, 1.807) is 41.8 Å². The van der Waals surface area contributed by atoms with Gasteiger partial charge in [-0.15, -0.1) is 11.3 Å². The van der Waals surface area contributed by atoms with E-state index in [1.165, 1.54) is 17.4 Å². The molecule has 94 valence electrons. The molecule has 0 aliphatic carbocycles. The van der Waals surface area contributed by atoms with Crippen molar-refractivity contribution >= 4 is 11.3 Å². The van der Waals surface area contributed by atoms with Gasteiger partial charge in [0.15, 0.2) is 0 Å². The molecule has 4 heteroatoms. The number of hydrogen-bond donors (Lipinski definition) is 1. The van der Waals surface area contributed by atoms with E-state index in [-0.39, 0.29) is 11.6 Å². The van der Waals surface area contributed by atoms with Gasteiger partial charge in [-0.2, -0.15) is 0 Å². The molecule has 0 fully saturated rings. The molecule has 0 unspecified atom stereocenters. The first kappa shape index (κ1) is 11.9. The second-order valence-corrected chi connectivity index (χ2v) is 4.89. The molecule has 1 N–H and O–H groups in total. The van der Waals surface area contributed by atoms with Crippen LogP contribution in [0.4, 0.5) is 4.39 Å². The molecule has 0 atom stereocenters. The van der Waals surface area contributed by atoms with E-state index in [1.807, 2.05) is 6.07 Å². The molecule has 1 aromatic heterocycles. The number of halogens is 1. The summed E-state index contributed by atoms with van der Waals surface area (Å²) in [6, 6.07) is 13.5. The van der Waals surface area contributed by atoms with Crippen molar-refractivity contribution in [1.29, 1.82) is 0 Å². The summed E-state index contributed by atoms with van der Waals surface area (Å²) in [5.74, 6) is -0.117. The molecule has 1 heterocycles. The van der Waals surface area contributed by atoms with E-state index in [0.29, 0.717) is 21.8 Å². The predicted octanol–water partition coefficient (Wildman–Crippen LogP) is 4.32. The van der Waals surface area contributed by atoms with Crippen LogP contribution in [-0.4, -0.2) is 10.1 Å². The van der Waals surface area contributed by atoms with Crippen LogP contribution in [0.3, 0.4) is 0 Å². The predicted molar refractivity (Wildman–Crippen MR) is 74.6 cm³/mol. The summed E-state index contributed by atoms with van der Waals surface area (Å²) in [6.45, 7) is 0. The fourth-order valence-corrected chi connectivity index (χ4v) is 2.70. The van der Waals surface area contributed by atoms with Gasteiger partial charge in [0.1, 0.15) is 16.6 Å². The first-order valence-corrected chi connectivity index (χ1v) is 6.62. The minimum Gasteiger partial charge on any atom is -0.507 e. The lowest BCUT2D eigenvalue weighted by atomic mass is 10.1. The summed E-state index contributed by atoms with van der Waals surface area (Å²) in [6.07, 6.45) is 0. The summed E-state index contributed by atoms with van der Waals surface area (Å²) in [5.41, 5.74) is 1.72. The fourth-order valence-electron chi connectivity index (χ4n) is 1.84. The number of hydrogen-bond acceptors (Lipinski definition) is 3. The Kier molecular flexibility index (Phi) is 3.01. The molecular formula is C15H10FNOS. The maximum Gasteiger partial charge on any atom is 0.132 e. The number of nitrogens with zero attached hydrogens (tertiary/aromatic N) is 1. The van der Waals surface area contributed by atoms with Crippen LogP contribution in [0, 0.1) is 5.82 Å². The Hall–Kier alpha value is -2.20. The van der Waals surface area contributed by atoms with Gasteiger partial charge in [0.2, 0.25) is 0 Å². The summed E-state index contributed by atoms with van der Waals surface area (Å²) in [5, 5.41) is 12.3. The van der Waals surface area contributed by atoms with Gasteiger partial charge in [-0.05, 0) is 24.3 Å². The normalized spacial score (nSPS) is 10.6. The summed E-state index contributed by atoms with van der Waals surface area (Å²) >= 11 is 1.38. The molecule has 0 saturated carbocycles. The van der Waals surface area contributed by atoms with Crippen molar-refractivity contribution < 1.29 is 9.50 Å². The second-order valence-electron chi connectivity index (χ2n) is 4.03. The average molecular weight is 271 g/mol. The van der Waals surface area contributed by atoms with Crippen molar-refractivity contribution in [2.75, 3.05) is 0 Å². The maximum absolute atomic E-state index is 13.7. The van der Waals surface area contributed by atoms with E-state index in [4.69, 9.17) is 0 Å². The molecule has 0 radical (unpaired) electrons. The molecule has 0 spiro atoms. The standard InChI is InChI=1S/C15H10FNOS/c16-12-7-3-1-5-10(12)13-9-19-15(17-13)11-6-2-4-8-14(11)18/h1-9,18H. The first-order chi connectivity index (χ1) is 9.25. The zero-order valence-electron chi connectivity index (χ0n) is 9.88. The Morgan fingerprint density at radius 1 is 0.947 bits per heavy atom. The molecule has 19 heavy (non-hydrogen) atoms. The lowest BCUT2D eigenvalue weighted by Gasteiger charge is -2.00. The third-order valence-corrected chi connectivity index (χ3v) is 3.66. The van der Waals surface area contributed by atoms with Crippen LogP contribution in [0.1, 0.15) is 0 Å². The number of phenols is 1. The van der Waals surface area contributed by atoms with Crippen molar-refractivity contribution in [3.63, 3.8) is 0 Å². The number of benzene rings is 2. The monoisotopic (exact) mass is 271 g/mol. The van der Waals surface area contributed by atoms with Crippen molar-refractivity contribution in [1.82, 2.24) is 4.98 Å². The van der Waals surface area contributed by atoms with Crippen molar-refractivity contribution in [2.45, 2.75) is 0 Å². The minimum atomic E-state index is -0.295. The SMILES string of the molecule is Oc1ccccc1-c1nc(-c2ccccc2F)cs1. The Morgan fingerprint density at radius 2 is 1.63 bits per heavy atom. The van der Waals surface area contributed by atoms with Crippen LogP contribution in [-0.2, 0) is 0 Å². The fraction of sp³-hybridized carbons (Fsp3) is 0. The van der Waals surface area contributed by atoms with Gasteiger partial charge in [-0.1, -0.05) is 24.3 Å². The van der Waals surface area contributed by atoms with E-state index in [2.05, 4.69) is 4.98 Å². The Labute approximate surface area is 113 Å². The molecular weight excluding hydrogens is 261 g/mol. The molecule has 2 aromatic carbocycles. The third-order valence-electron chi connectivity index (χ3n) is 2.79. The Balaban J connectivity index is 2.06. The summed E-state index contributed by atoms with van der Waals surface area (Å²) < 4.78 is 13.7. The van der Waals surface area contributed by atoms with Gasteiger partial charge in [0.05, 0.1) is 11.3 Å². The number of thiazole rings is 1. The smallest absolute Gasteiger partial charge is 0.132 e. The topological polar surface area (TPSA) is 33.1 Å². The highest BCUT2D eigenvalue weighted by Crippen LogP contribution is 2.34. The zero-order chi connectivity index (χ0) is 13.2. The summed E-state index contributed by atoms with van der Waals surface area (Å²) in [7, 11) is 0. The lowest BCUT2D eigenvalue weighted by Crippen LogP contribution is -1.84. The number of rotatable bonds is 2. The van der Waals surface area contributed by atoms with E-state index in [0.717, 1.165) is 0 Å². The number of aromatic hydroxyl groups is 1. The van der Waals surface area contributed by atoms with Crippen molar-refractivity contribution in [2.24, 2.45) is 0 Å². The Bertz CT molecular complexity index is 663. The molecule has 0 aliphatic heterocycles. The number of phenolic OH excluding ortho intramolecular Hbond substituents is 1. The van der Waals surface area contributed by atoms with Gasteiger partial charge in [-0.25, -0.2) is 9.37 Å². The largest absolute Gasteiger partial charge is 0.507 e. The highest BCUT2D eigenvalue weighted by molar-refractivity contribution is 7.13. The molecule has 0 aliphatic rings. The van der Waals surface area contributed by atoms with Crippen LogP contribution in [0.25, 0.3) is 21.8 Å². The Morgan fingerprint density at radius 3 is 2.37 bits per heavy atom. The van der Waals surface area contributed by atoms with Crippen LogP contribution in [0.15, 0.2) is 53.9 Å². The van der Waals surface area contributed by atoms with Crippen LogP contribution in [0.5, 0.6) is 5.75 Å². The molecule has 3 aromatic rings. The second kappa shape index (κ2) is 4.82. The molecule has 2 nitrogen and oxygen atoms in total. The molecule has 0 amide bonds. The third kappa shape index (κ3) is 2.22. The quantitative estimate of drug-likeness (QED) is 0.753. The molecule has 3 rings (SSSR count). The van der Waals surface area contributed by atoms with Crippen LogP contribution >= 0.6 is 11.3 Å². The van der Waals surface area contributed by atoms with Gasteiger partial charge in [-0.3, -0.25) is 0 Å². The zero-order valence-corrected chi connectivity index (χ0v) is 10.7. The lowest BCUT2D eigenvalue weighted by molar-refractivity contribution is 0.477. The van der Waals surface area contributed by atoms with Crippen molar-refractivity contribution in [3.05, 3.63) is 59.7 Å². The number of aromatic nitrogens is 1. The highest BCUT2D eigenvalue weighted by atomic mass is 32.1. The maximum atomic E-state index is 13.7. The van der Waals surface area contributed by atoms with E-state index in [9.17, 15) is 9.50 Å². The van der Waals surface area contributed by atoms with Crippen LogP contribution < -0.4 is 0 Å².